The van der Waals surface area contributed by atoms with Crippen molar-refractivity contribution in [2.45, 2.75) is 13.8 Å². The summed E-state index contributed by atoms with van der Waals surface area (Å²) >= 11 is 0. The van der Waals surface area contributed by atoms with Crippen molar-refractivity contribution >= 4 is 11.7 Å². The van der Waals surface area contributed by atoms with Gasteiger partial charge in [-0.2, -0.15) is 0 Å². The summed E-state index contributed by atoms with van der Waals surface area (Å²) in [6.07, 6.45) is 0. The van der Waals surface area contributed by atoms with E-state index < -0.39 is 5.97 Å². The van der Waals surface area contributed by atoms with Crippen molar-refractivity contribution in [1.29, 1.82) is 0 Å². The van der Waals surface area contributed by atoms with Crippen LogP contribution in [0.3, 0.4) is 0 Å². The third-order valence-corrected chi connectivity index (χ3v) is 0.708. The van der Waals surface area contributed by atoms with Crippen molar-refractivity contribution in [2.24, 2.45) is 5.16 Å². The van der Waals surface area contributed by atoms with Gasteiger partial charge in [-0.3, -0.25) is 0 Å². The zero-order valence-electron chi connectivity index (χ0n) is 5.38. The van der Waals surface area contributed by atoms with E-state index in [-0.39, 0.29) is 12.3 Å². The lowest BCUT2D eigenvalue weighted by Gasteiger charge is -2.00. The monoisotopic (exact) mass is 130 g/mol. The average molecular weight is 130 g/mol. The van der Waals surface area contributed by atoms with Gasteiger partial charge >= 0.3 is 5.97 Å². The molecular formula is C5H8NO3-. The molecule has 0 amide bonds. The summed E-state index contributed by atoms with van der Waals surface area (Å²) in [6, 6.07) is 0. The van der Waals surface area contributed by atoms with Crippen LogP contribution in [0.2, 0.25) is 0 Å². The predicted octanol–water partition coefficient (Wildman–Crippen LogP) is 0.508. The second-order valence-electron chi connectivity index (χ2n) is 1.40. The molecule has 0 aromatic rings. The van der Waals surface area contributed by atoms with Crippen LogP contribution in [-0.2, 0) is 9.53 Å². The quantitative estimate of drug-likeness (QED) is 0.311. The van der Waals surface area contributed by atoms with E-state index in [4.69, 9.17) is 0 Å². The summed E-state index contributed by atoms with van der Waals surface area (Å²) in [6.45, 7) is 3.24. The Kier molecular flexibility index (Phi) is 3.43. The fraction of sp³-hybridized carbons (Fsp3) is 0.600. The molecule has 0 atom stereocenters. The van der Waals surface area contributed by atoms with Crippen molar-refractivity contribution in [2.75, 3.05) is 6.61 Å². The molecule has 0 spiro atoms. The van der Waals surface area contributed by atoms with E-state index in [2.05, 4.69) is 9.89 Å². The molecule has 0 saturated heterocycles. The number of hydrogen-bond donors (Lipinski definition) is 0. The number of esters is 1. The lowest BCUT2D eigenvalue weighted by Crippen LogP contribution is -2.13. The Bertz CT molecular complexity index is 130. The molecule has 4 heteroatoms. The lowest BCUT2D eigenvalue weighted by molar-refractivity contribution is -0.135. The number of carbonyl (C=O) groups excluding carboxylic acids is 1. The number of rotatable bonds is 2. The Labute approximate surface area is 53.1 Å². The first-order valence-corrected chi connectivity index (χ1v) is 2.56. The Morgan fingerprint density at radius 2 is 2.33 bits per heavy atom. The summed E-state index contributed by atoms with van der Waals surface area (Å²) in [4.78, 5) is 10.4. The van der Waals surface area contributed by atoms with Gasteiger partial charge in [0.15, 0.2) is 0 Å². The minimum absolute atomic E-state index is 0.142. The zero-order chi connectivity index (χ0) is 7.28. The molecule has 0 aliphatic heterocycles. The van der Waals surface area contributed by atoms with Crippen LogP contribution in [0.5, 0.6) is 0 Å². The fourth-order valence-electron chi connectivity index (χ4n) is 0.273. The normalized spacial score (nSPS) is 11.1. The minimum atomic E-state index is -0.646. The summed E-state index contributed by atoms with van der Waals surface area (Å²) in [5, 5.41) is 12.0. The summed E-state index contributed by atoms with van der Waals surface area (Å²) in [5.74, 6) is -0.646. The van der Waals surface area contributed by atoms with Gasteiger partial charge in [-0.15, -0.1) is 0 Å². The molecule has 0 bridgehead atoms. The molecule has 0 aromatic heterocycles. The number of carbonyl (C=O) groups is 1. The van der Waals surface area contributed by atoms with Crippen molar-refractivity contribution in [3.05, 3.63) is 5.21 Å². The third kappa shape index (κ3) is 2.69. The number of hydrogen-bond acceptors (Lipinski definition) is 4. The molecule has 0 rings (SSSR count). The van der Waals surface area contributed by atoms with E-state index >= 15 is 0 Å². The smallest absolute Gasteiger partial charge is 0.351 e. The van der Waals surface area contributed by atoms with Crippen LogP contribution in [0.15, 0.2) is 5.16 Å². The van der Waals surface area contributed by atoms with E-state index in [0.29, 0.717) is 0 Å². The zero-order valence-corrected chi connectivity index (χ0v) is 5.38. The largest absolute Gasteiger partial charge is 0.792 e. The molecule has 4 nitrogen and oxygen atoms in total. The molecule has 0 fully saturated rings. The van der Waals surface area contributed by atoms with Gasteiger partial charge in [-0.1, -0.05) is 0 Å². The topological polar surface area (TPSA) is 61.7 Å². The second kappa shape index (κ2) is 3.88. The average Bonchev–Trinajstić information content (AvgIpc) is 1.87. The van der Waals surface area contributed by atoms with Crippen molar-refractivity contribution in [3.8, 4) is 0 Å². The first-order valence-electron chi connectivity index (χ1n) is 2.56. The van der Waals surface area contributed by atoms with Crippen LogP contribution in [-0.4, -0.2) is 18.3 Å². The third-order valence-electron chi connectivity index (χ3n) is 0.708. The van der Waals surface area contributed by atoms with Crippen LogP contribution in [0, 0.1) is 5.21 Å². The maximum atomic E-state index is 10.4. The Morgan fingerprint density at radius 1 is 1.78 bits per heavy atom. The highest BCUT2D eigenvalue weighted by Gasteiger charge is 2.01. The van der Waals surface area contributed by atoms with Crippen LogP contribution in [0.25, 0.3) is 0 Å². The Morgan fingerprint density at radius 3 is 2.67 bits per heavy atom. The maximum absolute atomic E-state index is 10.4. The predicted molar refractivity (Wildman–Crippen MR) is 33.1 cm³/mol. The SMILES string of the molecule is CCOC(=O)C(C)=N[O-]. The number of ether oxygens (including phenoxy) is 1. The van der Waals surface area contributed by atoms with E-state index in [1.54, 1.807) is 6.92 Å². The standard InChI is InChI=1S/C5H9NO3/c1-3-9-5(7)4(2)6-8/h8H,3H2,1-2H3/p-1. The highest BCUT2D eigenvalue weighted by atomic mass is 16.5. The molecule has 0 heterocycles. The van der Waals surface area contributed by atoms with Crippen LogP contribution >= 0.6 is 0 Å². The van der Waals surface area contributed by atoms with Crippen molar-refractivity contribution in [1.82, 2.24) is 0 Å². The summed E-state index contributed by atoms with van der Waals surface area (Å²) < 4.78 is 4.42. The van der Waals surface area contributed by atoms with Gasteiger partial charge in [0.25, 0.3) is 0 Å². The molecule has 0 aliphatic rings. The molecule has 0 N–H and O–H groups in total. The summed E-state index contributed by atoms with van der Waals surface area (Å²) in [7, 11) is 0. The number of nitrogens with zero attached hydrogens (tertiary/aromatic N) is 1. The van der Waals surface area contributed by atoms with Gasteiger partial charge in [0.2, 0.25) is 0 Å². The molecule has 9 heavy (non-hydrogen) atoms. The first-order chi connectivity index (χ1) is 4.22. The van der Waals surface area contributed by atoms with E-state index in [9.17, 15) is 10.0 Å². The maximum Gasteiger partial charge on any atom is 0.351 e. The van der Waals surface area contributed by atoms with Crippen molar-refractivity contribution in [3.63, 3.8) is 0 Å². The minimum Gasteiger partial charge on any atom is -0.792 e. The fourth-order valence-corrected chi connectivity index (χ4v) is 0.273. The van der Waals surface area contributed by atoms with Gasteiger partial charge < -0.3 is 15.1 Å². The molecule has 0 saturated carbocycles. The van der Waals surface area contributed by atoms with Crippen molar-refractivity contribution < 1.29 is 9.53 Å². The van der Waals surface area contributed by atoms with Gasteiger partial charge in [0, 0.05) is 0 Å². The van der Waals surface area contributed by atoms with Gasteiger partial charge in [-0.05, 0) is 13.8 Å². The Hall–Kier alpha value is -1.06. The van der Waals surface area contributed by atoms with E-state index in [1.165, 1.54) is 6.92 Å². The second-order valence-corrected chi connectivity index (χ2v) is 1.40. The summed E-state index contributed by atoms with van der Waals surface area (Å²) in [5.41, 5.74) is -0.142. The first kappa shape index (κ1) is 7.94. The highest BCUT2D eigenvalue weighted by Crippen LogP contribution is 1.82. The molecule has 0 unspecified atom stereocenters. The molecular weight excluding hydrogens is 122 g/mol. The van der Waals surface area contributed by atoms with Gasteiger partial charge in [-0.25, -0.2) is 4.79 Å². The van der Waals surface area contributed by atoms with Crippen LogP contribution in [0.1, 0.15) is 13.8 Å². The lowest BCUT2D eigenvalue weighted by atomic mass is 10.4. The Balaban J connectivity index is 3.74. The molecule has 0 aromatic carbocycles. The molecule has 52 valence electrons. The molecule has 0 radical (unpaired) electrons. The van der Waals surface area contributed by atoms with Gasteiger partial charge in [0.1, 0.15) is 5.71 Å². The van der Waals surface area contributed by atoms with E-state index in [1.807, 2.05) is 0 Å². The molecule has 0 aliphatic carbocycles. The van der Waals surface area contributed by atoms with Crippen LogP contribution in [0.4, 0.5) is 0 Å². The van der Waals surface area contributed by atoms with Crippen LogP contribution < -0.4 is 0 Å². The van der Waals surface area contributed by atoms with Gasteiger partial charge in [0.05, 0.1) is 6.61 Å². The highest BCUT2D eigenvalue weighted by molar-refractivity contribution is 6.35. The van der Waals surface area contributed by atoms with E-state index in [0.717, 1.165) is 0 Å².